The number of nitrogens with zero attached hydrogens (tertiary/aromatic N) is 1. The summed E-state index contributed by atoms with van der Waals surface area (Å²) in [4.78, 5) is 2.43. The number of likely N-dealkylation sites (tertiary alicyclic amines) is 1. The monoisotopic (exact) mass is 408 g/mol. The number of hydrogen-bond donors (Lipinski definition) is 1. The van der Waals surface area contributed by atoms with Gasteiger partial charge in [-0.2, -0.15) is 0 Å². The highest BCUT2D eigenvalue weighted by atomic mass is 127. The third-order valence-corrected chi connectivity index (χ3v) is 4.56. The zero-order valence-corrected chi connectivity index (χ0v) is 13.8. The molecule has 17 heavy (non-hydrogen) atoms. The van der Waals surface area contributed by atoms with Gasteiger partial charge in [0.25, 0.3) is 0 Å². The Morgan fingerprint density at radius 1 is 1.53 bits per heavy atom. The minimum atomic E-state index is 0.778. The van der Waals surface area contributed by atoms with Gasteiger partial charge in [-0.25, -0.2) is 0 Å². The maximum absolute atomic E-state index is 3.61. The van der Waals surface area contributed by atoms with Gasteiger partial charge >= 0.3 is 0 Å². The van der Waals surface area contributed by atoms with Crippen molar-refractivity contribution < 1.29 is 0 Å². The molecule has 1 aromatic rings. The van der Waals surface area contributed by atoms with Crippen molar-refractivity contribution in [1.29, 1.82) is 0 Å². The SMILES string of the molecule is CN1CCCC(CNc2ccc(I)cc2Br)C1. The minimum Gasteiger partial charge on any atom is -0.384 e. The molecular weight excluding hydrogens is 391 g/mol. The molecule has 0 spiro atoms. The van der Waals surface area contributed by atoms with Crippen LogP contribution in [0.1, 0.15) is 12.8 Å². The maximum Gasteiger partial charge on any atom is 0.0485 e. The third-order valence-electron chi connectivity index (χ3n) is 3.23. The van der Waals surface area contributed by atoms with Crippen molar-refractivity contribution in [3.8, 4) is 0 Å². The van der Waals surface area contributed by atoms with E-state index in [-0.39, 0.29) is 0 Å². The largest absolute Gasteiger partial charge is 0.384 e. The predicted molar refractivity (Wildman–Crippen MR) is 85.6 cm³/mol. The van der Waals surface area contributed by atoms with Crippen molar-refractivity contribution in [3.05, 3.63) is 26.2 Å². The lowest BCUT2D eigenvalue weighted by Gasteiger charge is -2.30. The van der Waals surface area contributed by atoms with Gasteiger partial charge in [-0.3, -0.25) is 0 Å². The molecule has 0 bridgehead atoms. The van der Waals surface area contributed by atoms with Crippen LogP contribution >= 0.6 is 38.5 Å². The van der Waals surface area contributed by atoms with Crippen LogP contribution in [0.4, 0.5) is 5.69 Å². The summed E-state index contributed by atoms with van der Waals surface area (Å²) in [6, 6.07) is 6.44. The molecule has 1 atom stereocenters. The van der Waals surface area contributed by atoms with Crippen molar-refractivity contribution in [2.45, 2.75) is 12.8 Å². The zero-order valence-electron chi connectivity index (χ0n) is 10.0. The van der Waals surface area contributed by atoms with Crippen LogP contribution < -0.4 is 5.32 Å². The lowest BCUT2D eigenvalue weighted by molar-refractivity contribution is 0.217. The van der Waals surface area contributed by atoms with Gasteiger partial charge in [0.2, 0.25) is 0 Å². The Bertz CT molecular complexity index is 384. The molecule has 1 aromatic carbocycles. The van der Waals surface area contributed by atoms with Gasteiger partial charge in [-0.1, -0.05) is 0 Å². The van der Waals surface area contributed by atoms with E-state index in [4.69, 9.17) is 0 Å². The van der Waals surface area contributed by atoms with Crippen LogP contribution in [0.15, 0.2) is 22.7 Å². The van der Waals surface area contributed by atoms with Gasteiger partial charge in [0, 0.05) is 26.8 Å². The molecule has 0 radical (unpaired) electrons. The quantitative estimate of drug-likeness (QED) is 0.765. The number of rotatable bonds is 3. The fraction of sp³-hybridized carbons (Fsp3) is 0.538. The summed E-state index contributed by atoms with van der Waals surface area (Å²) in [5.74, 6) is 0.778. The topological polar surface area (TPSA) is 15.3 Å². The molecule has 1 fully saturated rings. The van der Waals surface area contributed by atoms with Crippen LogP contribution in [0.25, 0.3) is 0 Å². The molecule has 1 saturated heterocycles. The van der Waals surface area contributed by atoms with E-state index in [9.17, 15) is 0 Å². The summed E-state index contributed by atoms with van der Waals surface area (Å²) in [5, 5.41) is 3.55. The van der Waals surface area contributed by atoms with Crippen LogP contribution in [0, 0.1) is 9.49 Å². The first-order valence-electron chi connectivity index (χ1n) is 6.02. The van der Waals surface area contributed by atoms with Crippen molar-refractivity contribution >= 4 is 44.2 Å². The molecule has 2 rings (SSSR count). The van der Waals surface area contributed by atoms with E-state index in [1.54, 1.807) is 0 Å². The summed E-state index contributed by atoms with van der Waals surface area (Å²) in [7, 11) is 2.22. The lowest BCUT2D eigenvalue weighted by Crippen LogP contribution is -2.35. The van der Waals surface area contributed by atoms with Gasteiger partial charge in [-0.05, 0) is 89.1 Å². The fourth-order valence-corrected chi connectivity index (χ4v) is 3.77. The number of hydrogen-bond acceptors (Lipinski definition) is 2. The van der Waals surface area contributed by atoms with Crippen molar-refractivity contribution in [2.75, 3.05) is 32.0 Å². The molecule has 1 unspecified atom stereocenters. The first-order chi connectivity index (χ1) is 8.15. The summed E-state index contributed by atoms with van der Waals surface area (Å²) >= 11 is 5.94. The highest BCUT2D eigenvalue weighted by Crippen LogP contribution is 2.25. The molecule has 1 N–H and O–H groups in total. The van der Waals surface area contributed by atoms with Gasteiger partial charge < -0.3 is 10.2 Å². The zero-order chi connectivity index (χ0) is 12.3. The first-order valence-corrected chi connectivity index (χ1v) is 7.90. The molecule has 94 valence electrons. The van der Waals surface area contributed by atoms with E-state index in [1.807, 2.05) is 0 Å². The molecule has 0 aliphatic carbocycles. The van der Waals surface area contributed by atoms with E-state index in [0.717, 1.165) is 16.9 Å². The predicted octanol–water partition coefficient (Wildman–Crippen LogP) is 3.81. The number of halogens is 2. The Morgan fingerprint density at radius 2 is 2.35 bits per heavy atom. The highest BCUT2D eigenvalue weighted by molar-refractivity contribution is 14.1. The van der Waals surface area contributed by atoms with Crippen LogP contribution in [0.3, 0.4) is 0 Å². The second kappa shape index (κ2) is 6.38. The molecule has 2 nitrogen and oxygen atoms in total. The van der Waals surface area contributed by atoms with Crippen molar-refractivity contribution in [3.63, 3.8) is 0 Å². The molecule has 1 aliphatic rings. The average Bonchev–Trinajstić information content (AvgIpc) is 2.28. The van der Waals surface area contributed by atoms with E-state index in [1.165, 1.54) is 35.2 Å². The summed E-state index contributed by atoms with van der Waals surface area (Å²) < 4.78 is 2.42. The fourth-order valence-electron chi connectivity index (χ4n) is 2.33. The Morgan fingerprint density at radius 3 is 3.06 bits per heavy atom. The molecule has 0 amide bonds. The number of piperidine rings is 1. The van der Waals surface area contributed by atoms with Crippen LogP contribution in [-0.2, 0) is 0 Å². The van der Waals surface area contributed by atoms with Gasteiger partial charge in [0.15, 0.2) is 0 Å². The van der Waals surface area contributed by atoms with Crippen molar-refractivity contribution in [1.82, 2.24) is 4.90 Å². The standard InChI is InChI=1S/C13H18BrIN2/c1-17-6-2-3-10(9-17)8-16-13-5-4-11(15)7-12(13)14/h4-5,7,10,16H,2-3,6,8-9H2,1H3. The molecule has 0 aromatic heterocycles. The Balaban J connectivity index is 1.88. The molecule has 0 saturated carbocycles. The van der Waals surface area contributed by atoms with E-state index in [2.05, 4.69) is 74.0 Å². The average molecular weight is 409 g/mol. The van der Waals surface area contributed by atoms with Crippen molar-refractivity contribution in [2.24, 2.45) is 5.92 Å². The highest BCUT2D eigenvalue weighted by Gasteiger charge is 2.16. The third kappa shape index (κ3) is 4.10. The molecule has 1 aliphatic heterocycles. The number of benzene rings is 1. The molecular formula is C13H18BrIN2. The second-order valence-electron chi connectivity index (χ2n) is 4.78. The van der Waals surface area contributed by atoms with E-state index < -0.39 is 0 Å². The Hall–Kier alpha value is 0.190. The second-order valence-corrected chi connectivity index (χ2v) is 6.88. The van der Waals surface area contributed by atoms with E-state index in [0.29, 0.717) is 0 Å². The van der Waals surface area contributed by atoms with E-state index >= 15 is 0 Å². The number of anilines is 1. The summed E-state index contributed by atoms with van der Waals surface area (Å²) in [6.45, 7) is 3.54. The maximum atomic E-state index is 3.61. The number of nitrogens with one attached hydrogen (secondary N) is 1. The molecule has 4 heteroatoms. The van der Waals surface area contributed by atoms with Crippen LogP contribution in [-0.4, -0.2) is 31.6 Å². The van der Waals surface area contributed by atoms with Gasteiger partial charge in [0.05, 0.1) is 0 Å². The Kier molecular flexibility index (Phi) is 5.11. The van der Waals surface area contributed by atoms with Crippen LogP contribution in [0.5, 0.6) is 0 Å². The minimum absolute atomic E-state index is 0.778. The van der Waals surface area contributed by atoms with Gasteiger partial charge in [-0.15, -0.1) is 0 Å². The molecule has 1 heterocycles. The summed E-state index contributed by atoms with van der Waals surface area (Å²) in [6.07, 6.45) is 2.68. The van der Waals surface area contributed by atoms with Gasteiger partial charge in [0.1, 0.15) is 0 Å². The Labute approximate surface area is 125 Å². The summed E-state index contributed by atoms with van der Waals surface area (Å²) in [5.41, 5.74) is 1.21. The lowest BCUT2D eigenvalue weighted by atomic mass is 9.98. The smallest absolute Gasteiger partial charge is 0.0485 e. The van der Waals surface area contributed by atoms with Crippen LogP contribution in [0.2, 0.25) is 0 Å². The normalized spacial score (nSPS) is 21.5. The first kappa shape index (κ1) is 13.6.